The number of unbranched alkanes of at least 4 members (excludes halogenated alkanes) is 1. The van der Waals surface area contributed by atoms with Crippen molar-refractivity contribution in [2.75, 3.05) is 6.61 Å². The molecule has 1 aromatic rings. The largest absolute Gasteiger partial charge is 0.376 e. The van der Waals surface area contributed by atoms with Crippen molar-refractivity contribution < 1.29 is 9.53 Å². The Balaban J connectivity index is 2.05. The van der Waals surface area contributed by atoms with Crippen LogP contribution < -0.4 is 0 Å². The Labute approximate surface area is 103 Å². The smallest absolute Gasteiger partial charge is 0.120 e. The highest BCUT2D eigenvalue weighted by molar-refractivity contribution is 5.49. The molecular formula is C15H18O2. The number of hydrogen-bond acceptors (Lipinski definition) is 2. The second kappa shape index (κ2) is 9.59. The molecule has 0 saturated heterocycles. The predicted molar refractivity (Wildman–Crippen MR) is 68.7 cm³/mol. The molecule has 0 bridgehead atoms. The second-order valence-electron chi connectivity index (χ2n) is 3.65. The Kier molecular flexibility index (Phi) is 7.58. The first kappa shape index (κ1) is 13.4. The lowest BCUT2D eigenvalue weighted by molar-refractivity contribution is -0.107. The number of hydrogen-bond donors (Lipinski definition) is 0. The number of aldehydes is 1. The molecule has 0 radical (unpaired) electrons. The summed E-state index contributed by atoms with van der Waals surface area (Å²) in [5.74, 6) is 0. The molecule has 0 amide bonds. The summed E-state index contributed by atoms with van der Waals surface area (Å²) in [6.45, 7) is 1.35. The Hall–Kier alpha value is -1.63. The Bertz CT molecular complexity index is 362. The molecule has 0 aromatic heterocycles. The standard InChI is InChI=1S/C15H18O2/c16-12-8-3-1-2-4-9-13-17-14-15-10-6-5-7-11-15/h1,4-7,10-12H,3,8-9,13-14H2. The maximum Gasteiger partial charge on any atom is 0.120 e. The molecule has 0 aliphatic heterocycles. The maximum atomic E-state index is 10.0. The molecule has 0 saturated carbocycles. The van der Waals surface area contributed by atoms with Crippen LogP contribution in [0, 0.1) is 0 Å². The highest BCUT2D eigenvalue weighted by Crippen LogP contribution is 2.00. The molecule has 0 aliphatic rings. The van der Waals surface area contributed by atoms with E-state index in [2.05, 4.69) is 17.9 Å². The first-order valence-electron chi connectivity index (χ1n) is 5.88. The minimum Gasteiger partial charge on any atom is -0.376 e. The molecule has 2 heteroatoms. The molecule has 2 nitrogen and oxygen atoms in total. The van der Waals surface area contributed by atoms with E-state index in [4.69, 9.17) is 4.74 Å². The second-order valence-corrected chi connectivity index (χ2v) is 3.65. The molecular weight excluding hydrogens is 212 g/mol. The summed E-state index contributed by atoms with van der Waals surface area (Å²) in [5, 5.41) is 0. The lowest BCUT2D eigenvalue weighted by Crippen LogP contribution is -1.93. The predicted octanol–water partition coefficient (Wildman–Crippen LogP) is 3.28. The van der Waals surface area contributed by atoms with Gasteiger partial charge < -0.3 is 9.53 Å². The van der Waals surface area contributed by atoms with Gasteiger partial charge in [-0.1, -0.05) is 30.3 Å². The molecule has 0 heterocycles. The normalized spacial score (nSPS) is 9.41. The van der Waals surface area contributed by atoms with Gasteiger partial charge in [0.05, 0.1) is 13.2 Å². The van der Waals surface area contributed by atoms with Crippen molar-refractivity contribution in [3.8, 4) is 0 Å². The lowest BCUT2D eigenvalue weighted by Gasteiger charge is -2.01. The number of benzene rings is 1. The van der Waals surface area contributed by atoms with Crippen LogP contribution >= 0.6 is 0 Å². The minimum absolute atomic E-state index is 0.575. The van der Waals surface area contributed by atoms with Gasteiger partial charge in [0.2, 0.25) is 0 Å². The van der Waals surface area contributed by atoms with Gasteiger partial charge in [-0.2, -0.15) is 0 Å². The van der Waals surface area contributed by atoms with Crippen LogP contribution in [0.2, 0.25) is 0 Å². The van der Waals surface area contributed by atoms with Crippen LogP contribution in [0.15, 0.2) is 48.2 Å². The van der Waals surface area contributed by atoms with Crippen LogP contribution in [-0.4, -0.2) is 12.9 Å². The molecule has 17 heavy (non-hydrogen) atoms. The van der Waals surface area contributed by atoms with E-state index < -0.39 is 0 Å². The summed E-state index contributed by atoms with van der Waals surface area (Å²) in [6.07, 6.45) is 6.93. The number of rotatable bonds is 8. The first-order chi connectivity index (χ1) is 8.43. The van der Waals surface area contributed by atoms with Crippen molar-refractivity contribution in [3.05, 3.63) is 53.8 Å². The van der Waals surface area contributed by atoms with E-state index in [1.165, 1.54) is 5.56 Å². The summed E-state index contributed by atoms with van der Waals surface area (Å²) in [5.41, 5.74) is 4.22. The Morgan fingerprint density at radius 3 is 2.59 bits per heavy atom. The van der Waals surface area contributed by atoms with Crippen LogP contribution in [0.1, 0.15) is 24.8 Å². The van der Waals surface area contributed by atoms with Crippen LogP contribution in [0.25, 0.3) is 0 Å². The van der Waals surface area contributed by atoms with E-state index in [0.717, 1.165) is 19.1 Å². The fraction of sp³-hybridized carbons (Fsp3) is 0.333. The van der Waals surface area contributed by atoms with E-state index in [9.17, 15) is 4.79 Å². The molecule has 1 rings (SSSR count). The fourth-order valence-electron chi connectivity index (χ4n) is 1.31. The molecule has 0 N–H and O–H groups in total. The van der Waals surface area contributed by atoms with Crippen molar-refractivity contribution in [2.45, 2.75) is 25.9 Å². The fourth-order valence-corrected chi connectivity index (χ4v) is 1.31. The molecule has 90 valence electrons. The van der Waals surface area contributed by atoms with Crippen molar-refractivity contribution in [1.82, 2.24) is 0 Å². The summed E-state index contributed by atoms with van der Waals surface area (Å²) < 4.78 is 5.51. The molecule has 0 atom stereocenters. The first-order valence-corrected chi connectivity index (χ1v) is 5.88. The molecule has 0 spiro atoms. The summed E-state index contributed by atoms with van der Waals surface area (Å²) in [7, 11) is 0. The van der Waals surface area contributed by atoms with Gasteiger partial charge in [-0.15, -0.1) is 5.73 Å². The van der Waals surface area contributed by atoms with Crippen molar-refractivity contribution in [2.24, 2.45) is 0 Å². The number of ether oxygens (including phenoxy) is 1. The third kappa shape index (κ3) is 7.29. The van der Waals surface area contributed by atoms with Crippen molar-refractivity contribution in [3.63, 3.8) is 0 Å². The minimum atomic E-state index is 0.575. The van der Waals surface area contributed by atoms with E-state index in [-0.39, 0.29) is 0 Å². The van der Waals surface area contributed by atoms with Gasteiger partial charge in [-0.05, 0) is 30.6 Å². The third-order valence-electron chi connectivity index (χ3n) is 2.18. The Morgan fingerprint density at radius 2 is 1.82 bits per heavy atom. The van der Waals surface area contributed by atoms with Crippen molar-refractivity contribution in [1.29, 1.82) is 0 Å². The lowest BCUT2D eigenvalue weighted by atomic mass is 10.2. The van der Waals surface area contributed by atoms with E-state index >= 15 is 0 Å². The van der Waals surface area contributed by atoms with Gasteiger partial charge in [0.1, 0.15) is 6.29 Å². The third-order valence-corrected chi connectivity index (χ3v) is 2.18. The summed E-state index contributed by atoms with van der Waals surface area (Å²) >= 11 is 0. The number of carbonyl (C=O) groups excluding carboxylic acids is 1. The average molecular weight is 230 g/mol. The summed E-state index contributed by atoms with van der Waals surface area (Å²) in [4.78, 5) is 10.0. The zero-order valence-corrected chi connectivity index (χ0v) is 9.97. The van der Waals surface area contributed by atoms with E-state index in [0.29, 0.717) is 19.6 Å². The van der Waals surface area contributed by atoms with Gasteiger partial charge in [-0.25, -0.2) is 0 Å². The number of carbonyl (C=O) groups is 1. The van der Waals surface area contributed by atoms with Crippen LogP contribution in [-0.2, 0) is 16.1 Å². The molecule has 0 aliphatic carbocycles. The van der Waals surface area contributed by atoms with Gasteiger partial charge >= 0.3 is 0 Å². The topological polar surface area (TPSA) is 26.3 Å². The van der Waals surface area contributed by atoms with Gasteiger partial charge in [-0.3, -0.25) is 0 Å². The van der Waals surface area contributed by atoms with Gasteiger partial charge in [0.25, 0.3) is 0 Å². The monoisotopic (exact) mass is 230 g/mol. The van der Waals surface area contributed by atoms with Crippen LogP contribution in [0.3, 0.4) is 0 Å². The highest BCUT2D eigenvalue weighted by Gasteiger charge is 1.89. The highest BCUT2D eigenvalue weighted by atomic mass is 16.5. The zero-order chi connectivity index (χ0) is 12.2. The molecule has 0 fully saturated rings. The summed E-state index contributed by atoms with van der Waals surface area (Å²) in [6, 6.07) is 10.1. The average Bonchev–Trinajstić information content (AvgIpc) is 2.38. The SMILES string of the molecule is O=CCCC=C=CCCOCc1ccccc1. The van der Waals surface area contributed by atoms with E-state index in [1.807, 2.05) is 30.4 Å². The van der Waals surface area contributed by atoms with E-state index in [1.54, 1.807) is 0 Å². The zero-order valence-electron chi connectivity index (χ0n) is 9.97. The Morgan fingerprint density at radius 1 is 1.06 bits per heavy atom. The molecule has 1 aromatic carbocycles. The van der Waals surface area contributed by atoms with Gasteiger partial charge in [0.15, 0.2) is 0 Å². The van der Waals surface area contributed by atoms with Crippen LogP contribution in [0.5, 0.6) is 0 Å². The van der Waals surface area contributed by atoms with Gasteiger partial charge in [0, 0.05) is 6.42 Å². The quantitative estimate of drug-likeness (QED) is 0.389. The van der Waals surface area contributed by atoms with Crippen LogP contribution in [0.4, 0.5) is 0 Å². The van der Waals surface area contributed by atoms with Crippen molar-refractivity contribution >= 4 is 6.29 Å². The maximum absolute atomic E-state index is 10.0. The molecule has 0 unspecified atom stereocenters.